The highest BCUT2D eigenvalue weighted by molar-refractivity contribution is 5.94. The standard InChI is InChI=1S/C26H24N4O/c1-3-19(18-6-7-18)15-21(4-1)25-22(5-2-10-27-25)20-8-9-24-23(16-20)26(29-17-28-24)30-11-13-31-14-12-30/h1-5,8-10,15-18H,6-7,11-14H2. The summed E-state index contributed by atoms with van der Waals surface area (Å²) in [7, 11) is 0. The Morgan fingerprint density at radius 1 is 0.839 bits per heavy atom. The minimum absolute atomic E-state index is 0.723. The molecule has 0 bridgehead atoms. The normalized spacial score (nSPS) is 16.6. The summed E-state index contributed by atoms with van der Waals surface area (Å²) in [5.74, 6) is 1.71. The third kappa shape index (κ3) is 3.55. The molecule has 5 heteroatoms. The molecule has 1 aliphatic heterocycles. The largest absolute Gasteiger partial charge is 0.378 e. The lowest BCUT2D eigenvalue weighted by molar-refractivity contribution is 0.122. The van der Waals surface area contributed by atoms with Gasteiger partial charge in [0.25, 0.3) is 0 Å². The summed E-state index contributed by atoms with van der Waals surface area (Å²) in [4.78, 5) is 16.2. The van der Waals surface area contributed by atoms with Crippen LogP contribution in [-0.4, -0.2) is 41.3 Å². The Balaban J connectivity index is 1.46. The average Bonchev–Trinajstić information content (AvgIpc) is 3.70. The fraction of sp³-hybridized carbons (Fsp3) is 0.269. The van der Waals surface area contributed by atoms with Crippen molar-refractivity contribution < 1.29 is 4.74 Å². The van der Waals surface area contributed by atoms with E-state index in [-0.39, 0.29) is 0 Å². The lowest BCUT2D eigenvalue weighted by Gasteiger charge is -2.28. The van der Waals surface area contributed by atoms with Gasteiger partial charge in [0.1, 0.15) is 12.1 Å². The van der Waals surface area contributed by atoms with Crippen LogP contribution >= 0.6 is 0 Å². The highest BCUT2D eigenvalue weighted by Gasteiger charge is 2.24. The molecule has 31 heavy (non-hydrogen) atoms. The highest BCUT2D eigenvalue weighted by atomic mass is 16.5. The predicted molar refractivity (Wildman–Crippen MR) is 123 cm³/mol. The van der Waals surface area contributed by atoms with Crippen LogP contribution in [0.15, 0.2) is 67.1 Å². The molecule has 0 spiro atoms. The Kier molecular flexibility index (Phi) is 4.61. The van der Waals surface area contributed by atoms with Crippen molar-refractivity contribution in [2.75, 3.05) is 31.2 Å². The monoisotopic (exact) mass is 408 g/mol. The molecule has 3 heterocycles. The van der Waals surface area contributed by atoms with Gasteiger partial charge in [0.05, 0.1) is 24.4 Å². The molecule has 2 fully saturated rings. The van der Waals surface area contributed by atoms with Crippen LogP contribution in [-0.2, 0) is 4.74 Å². The van der Waals surface area contributed by atoms with Gasteiger partial charge in [-0.15, -0.1) is 0 Å². The Labute approximate surface area is 181 Å². The van der Waals surface area contributed by atoms with E-state index in [0.29, 0.717) is 0 Å². The van der Waals surface area contributed by atoms with Crippen molar-refractivity contribution in [1.29, 1.82) is 0 Å². The maximum Gasteiger partial charge on any atom is 0.140 e. The van der Waals surface area contributed by atoms with Crippen molar-refractivity contribution in [3.8, 4) is 22.4 Å². The van der Waals surface area contributed by atoms with E-state index < -0.39 is 0 Å². The molecule has 1 aliphatic carbocycles. The van der Waals surface area contributed by atoms with Crippen molar-refractivity contribution in [1.82, 2.24) is 15.0 Å². The number of nitrogens with zero attached hydrogens (tertiary/aromatic N) is 4. The van der Waals surface area contributed by atoms with E-state index in [4.69, 9.17) is 9.72 Å². The van der Waals surface area contributed by atoms with Gasteiger partial charge in [-0.05, 0) is 54.2 Å². The van der Waals surface area contributed by atoms with Crippen molar-refractivity contribution in [3.63, 3.8) is 0 Å². The molecule has 5 nitrogen and oxygen atoms in total. The van der Waals surface area contributed by atoms with Gasteiger partial charge >= 0.3 is 0 Å². The number of pyridine rings is 1. The molecule has 0 amide bonds. The summed E-state index contributed by atoms with van der Waals surface area (Å²) in [5, 5.41) is 1.07. The molecular formula is C26H24N4O. The first-order valence-corrected chi connectivity index (χ1v) is 11.0. The maximum absolute atomic E-state index is 5.53. The Bertz CT molecular complexity index is 1250. The first-order valence-electron chi connectivity index (χ1n) is 11.0. The molecule has 0 unspecified atom stereocenters. The van der Waals surface area contributed by atoms with E-state index in [1.54, 1.807) is 6.33 Å². The lowest BCUT2D eigenvalue weighted by Crippen LogP contribution is -2.36. The highest BCUT2D eigenvalue weighted by Crippen LogP contribution is 2.42. The molecule has 154 valence electrons. The van der Waals surface area contributed by atoms with E-state index in [0.717, 1.165) is 65.8 Å². The maximum atomic E-state index is 5.53. The van der Waals surface area contributed by atoms with E-state index in [2.05, 4.69) is 63.4 Å². The summed E-state index contributed by atoms with van der Waals surface area (Å²) in [6, 6.07) is 19.5. The van der Waals surface area contributed by atoms with Crippen LogP contribution in [0.3, 0.4) is 0 Å². The third-order valence-corrected chi connectivity index (χ3v) is 6.25. The number of aromatic nitrogens is 3. The molecule has 0 N–H and O–H groups in total. The number of fused-ring (bicyclic) bond motifs is 1. The molecule has 2 aromatic heterocycles. The Morgan fingerprint density at radius 2 is 1.74 bits per heavy atom. The van der Waals surface area contributed by atoms with Gasteiger partial charge in [0.2, 0.25) is 0 Å². The van der Waals surface area contributed by atoms with E-state index in [9.17, 15) is 0 Å². The molecular weight excluding hydrogens is 384 g/mol. The van der Waals surface area contributed by atoms with Crippen LogP contribution in [0.1, 0.15) is 24.3 Å². The predicted octanol–water partition coefficient (Wildman–Crippen LogP) is 5.07. The first-order chi connectivity index (χ1) is 15.4. The SMILES string of the molecule is c1cc(-c2ncccc2-c2ccc3ncnc(N4CCOCC4)c3c2)cc(C2CC2)c1. The average molecular weight is 409 g/mol. The molecule has 2 aliphatic rings. The number of morpholine rings is 1. The fourth-order valence-corrected chi connectivity index (χ4v) is 4.46. The second-order valence-corrected chi connectivity index (χ2v) is 8.33. The number of rotatable bonds is 4. The van der Waals surface area contributed by atoms with Crippen LogP contribution in [0.25, 0.3) is 33.3 Å². The van der Waals surface area contributed by atoms with Gasteiger partial charge in [-0.1, -0.05) is 30.3 Å². The van der Waals surface area contributed by atoms with Crippen LogP contribution in [0, 0.1) is 0 Å². The summed E-state index contributed by atoms with van der Waals surface area (Å²) >= 11 is 0. The zero-order valence-electron chi connectivity index (χ0n) is 17.4. The smallest absolute Gasteiger partial charge is 0.140 e. The van der Waals surface area contributed by atoms with E-state index in [1.165, 1.54) is 24.0 Å². The van der Waals surface area contributed by atoms with Gasteiger partial charge < -0.3 is 9.64 Å². The number of ether oxygens (including phenoxy) is 1. The molecule has 0 radical (unpaired) electrons. The van der Waals surface area contributed by atoms with Crippen LogP contribution in [0.2, 0.25) is 0 Å². The molecule has 4 aromatic rings. The first kappa shape index (κ1) is 18.5. The van der Waals surface area contributed by atoms with Crippen molar-refractivity contribution in [3.05, 3.63) is 72.7 Å². The number of hydrogen-bond donors (Lipinski definition) is 0. The molecule has 0 atom stereocenters. The van der Waals surface area contributed by atoms with Crippen LogP contribution < -0.4 is 4.90 Å². The lowest BCUT2D eigenvalue weighted by atomic mass is 9.96. The van der Waals surface area contributed by atoms with Gasteiger partial charge in [0, 0.05) is 35.8 Å². The number of hydrogen-bond acceptors (Lipinski definition) is 5. The summed E-state index contributed by atoms with van der Waals surface area (Å²) in [6.45, 7) is 3.16. The van der Waals surface area contributed by atoms with Gasteiger partial charge in [-0.25, -0.2) is 9.97 Å². The van der Waals surface area contributed by atoms with E-state index >= 15 is 0 Å². The summed E-state index contributed by atoms with van der Waals surface area (Å²) in [6.07, 6.45) is 6.14. The quantitative estimate of drug-likeness (QED) is 0.472. The van der Waals surface area contributed by atoms with Gasteiger partial charge in [-0.3, -0.25) is 4.98 Å². The van der Waals surface area contributed by atoms with Gasteiger partial charge in [0.15, 0.2) is 0 Å². The van der Waals surface area contributed by atoms with Gasteiger partial charge in [-0.2, -0.15) is 0 Å². The molecule has 1 saturated heterocycles. The Hall–Kier alpha value is -3.31. The number of anilines is 1. The van der Waals surface area contributed by atoms with Crippen LogP contribution in [0.4, 0.5) is 5.82 Å². The third-order valence-electron chi connectivity index (χ3n) is 6.25. The molecule has 1 saturated carbocycles. The second-order valence-electron chi connectivity index (χ2n) is 8.33. The van der Waals surface area contributed by atoms with Crippen molar-refractivity contribution in [2.24, 2.45) is 0 Å². The van der Waals surface area contributed by atoms with Crippen molar-refractivity contribution in [2.45, 2.75) is 18.8 Å². The number of benzene rings is 2. The topological polar surface area (TPSA) is 51.1 Å². The summed E-state index contributed by atoms with van der Waals surface area (Å²) in [5.41, 5.74) is 6.86. The zero-order valence-corrected chi connectivity index (χ0v) is 17.4. The van der Waals surface area contributed by atoms with Crippen molar-refractivity contribution >= 4 is 16.7 Å². The minimum Gasteiger partial charge on any atom is -0.378 e. The molecule has 6 rings (SSSR count). The Morgan fingerprint density at radius 3 is 2.61 bits per heavy atom. The fourth-order valence-electron chi connectivity index (χ4n) is 4.46. The zero-order chi connectivity index (χ0) is 20.6. The van der Waals surface area contributed by atoms with Crippen LogP contribution in [0.5, 0.6) is 0 Å². The molecule has 2 aromatic carbocycles. The second kappa shape index (κ2) is 7.75. The van der Waals surface area contributed by atoms with E-state index in [1.807, 2.05) is 12.3 Å². The minimum atomic E-state index is 0.723. The summed E-state index contributed by atoms with van der Waals surface area (Å²) < 4.78 is 5.53.